The highest BCUT2D eigenvalue weighted by atomic mass is 127. The summed E-state index contributed by atoms with van der Waals surface area (Å²) in [7, 11) is 1.67. The van der Waals surface area contributed by atoms with E-state index in [0.29, 0.717) is 32.0 Å². The molecule has 2 saturated heterocycles. The van der Waals surface area contributed by atoms with Gasteiger partial charge in [0.25, 0.3) is 0 Å². The van der Waals surface area contributed by atoms with Gasteiger partial charge in [-0.15, -0.1) is 24.0 Å². The number of aliphatic imine (C=N–C) groups is 1. The quantitative estimate of drug-likeness (QED) is 0.350. The van der Waals surface area contributed by atoms with Crippen molar-refractivity contribution in [3.63, 3.8) is 0 Å². The van der Waals surface area contributed by atoms with E-state index in [-0.39, 0.29) is 30.0 Å². The van der Waals surface area contributed by atoms with Crippen LogP contribution in [0.5, 0.6) is 0 Å². The number of likely N-dealkylation sites (tertiary alicyclic amines) is 1. The van der Waals surface area contributed by atoms with Crippen molar-refractivity contribution in [1.82, 2.24) is 15.5 Å². The highest BCUT2D eigenvalue weighted by molar-refractivity contribution is 14.0. The second kappa shape index (κ2) is 11.2. The number of morpholine rings is 1. The molecule has 0 amide bonds. The van der Waals surface area contributed by atoms with Crippen LogP contribution in [0, 0.1) is 0 Å². The fourth-order valence-electron chi connectivity index (χ4n) is 3.57. The van der Waals surface area contributed by atoms with Crippen molar-refractivity contribution in [2.45, 2.75) is 25.2 Å². The molecular weight excluding hydrogens is 498 g/mol. The number of benzene rings is 1. The van der Waals surface area contributed by atoms with Gasteiger partial charge in [-0.1, -0.05) is 12.1 Å². The lowest BCUT2D eigenvalue weighted by molar-refractivity contribution is -0.143. The third-order valence-corrected chi connectivity index (χ3v) is 5.01. The predicted octanol–water partition coefficient (Wildman–Crippen LogP) is 2.44. The van der Waals surface area contributed by atoms with Crippen LogP contribution in [0.15, 0.2) is 29.3 Å². The minimum absolute atomic E-state index is 0. The number of hydrogen-bond donors (Lipinski definition) is 2. The molecule has 29 heavy (non-hydrogen) atoms. The van der Waals surface area contributed by atoms with Crippen LogP contribution < -0.4 is 15.5 Å². The van der Waals surface area contributed by atoms with Crippen molar-refractivity contribution < 1.29 is 17.9 Å². The molecule has 2 fully saturated rings. The maximum Gasteiger partial charge on any atom is 0.401 e. The molecule has 3 rings (SSSR count). The van der Waals surface area contributed by atoms with E-state index in [9.17, 15) is 13.2 Å². The molecule has 2 heterocycles. The van der Waals surface area contributed by atoms with E-state index in [0.717, 1.165) is 31.9 Å². The molecule has 1 atom stereocenters. The Labute approximate surface area is 186 Å². The second-order valence-electron chi connectivity index (χ2n) is 7.17. The molecule has 2 aliphatic rings. The maximum atomic E-state index is 12.5. The summed E-state index contributed by atoms with van der Waals surface area (Å²) in [6.45, 7) is 3.88. The fourth-order valence-corrected chi connectivity index (χ4v) is 3.57. The molecule has 0 aromatic heterocycles. The molecule has 0 bridgehead atoms. The van der Waals surface area contributed by atoms with Crippen LogP contribution in [-0.4, -0.2) is 76.1 Å². The zero-order chi connectivity index (χ0) is 20.0. The Kier molecular flexibility index (Phi) is 9.28. The number of guanidine groups is 1. The molecule has 6 nitrogen and oxygen atoms in total. The topological polar surface area (TPSA) is 52.1 Å². The van der Waals surface area contributed by atoms with Crippen molar-refractivity contribution in [1.29, 1.82) is 0 Å². The van der Waals surface area contributed by atoms with E-state index in [2.05, 4.69) is 44.8 Å². The van der Waals surface area contributed by atoms with Crippen molar-refractivity contribution in [3.05, 3.63) is 29.8 Å². The Bertz CT molecular complexity index is 650. The van der Waals surface area contributed by atoms with E-state index < -0.39 is 12.7 Å². The Morgan fingerprint density at radius 1 is 1.17 bits per heavy atom. The van der Waals surface area contributed by atoms with Gasteiger partial charge in [0.05, 0.1) is 19.8 Å². The second-order valence-corrected chi connectivity index (χ2v) is 7.17. The predicted molar refractivity (Wildman–Crippen MR) is 119 cm³/mol. The average Bonchev–Trinajstić information content (AvgIpc) is 3.11. The van der Waals surface area contributed by atoms with Crippen molar-refractivity contribution in [2.75, 3.05) is 57.9 Å². The number of halogens is 4. The first-order chi connectivity index (χ1) is 13.4. The lowest BCUT2D eigenvalue weighted by Crippen LogP contribution is -2.44. The normalized spacial score (nSPS) is 21.0. The molecule has 0 saturated carbocycles. The molecule has 2 N–H and O–H groups in total. The van der Waals surface area contributed by atoms with Crippen LogP contribution in [0.1, 0.15) is 12.0 Å². The molecule has 1 aromatic carbocycles. The zero-order valence-corrected chi connectivity index (χ0v) is 18.9. The molecular formula is C19H29F3IN5O. The highest BCUT2D eigenvalue weighted by Gasteiger charge is 2.34. The van der Waals surface area contributed by atoms with Crippen molar-refractivity contribution in [3.8, 4) is 0 Å². The van der Waals surface area contributed by atoms with Gasteiger partial charge in [0.1, 0.15) is 0 Å². The van der Waals surface area contributed by atoms with Gasteiger partial charge in [-0.2, -0.15) is 13.2 Å². The molecule has 2 aliphatic heterocycles. The smallest absolute Gasteiger partial charge is 0.378 e. The third-order valence-electron chi connectivity index (χ3n) is 5.01. The lowest BCUT2D eigenvalue weighted by Gasteiger charge is -2.29. The monoisotopic (exact) mass is 527 g/mol. The summed E-state index contributed by atoms with van der Waals surface area (Å²) in [4.78, 5) is 7.91. The van der Waals surface area contributed by atoms with Crippen LogP contribution in [0.4, 0.5) is 18.9 Å². The number of nitrogens with one attached hydrogen (secondary N) is 2. The number of nitrogens with zero attached hydrogens (tertiary/aromatic N) is 3. The molecule has 10 heteroatoms. The third kappa shape index (κ3) is 7.82. The van der Waals surface area contributed by atoms with E-state index in [4.69, 9.17) is 4.74 Å². The first-order valence-electron chi connectivity index (χ1n) is 9.61. The number of alkyl halides is 3. The van der Waals surface area contributed by atoms with Crippen LogP contribution in [0.3, 0.4) is 0 Å². The largest absolute Gasteiger partial charge is 0.401 e. The summed E-state index contributed by atoms with van der Waals surface area (Å²) in [5.74, 6) is 0.608. The summed E-state index contributed by atoms with van der Waals surface area (Å²) in [5, 5.41) is 6.46. The first-order valence-corrected chi connectivity index (χ1v) is 9.61. The first kappa shape index (κ1) is 24.0. The number of anilines is 1. The average molecular weight is 527 g/mol. The van der Waals surface area contributed by atoms with E-state index in [1.807, 2.05) is 0 Å². The Hall–Kier alpha value is -1.27. The fraction of sp³-hybridized carbons (Fsp3) is 0.632. The van der Waals surface area contributed by atoms with Crippen molar-refractivity contribution >= 4 is 35.6 Å². The molecule has 0 radical (unpaired) electrons. The number of ether oxygens (including phenoxy) is 1. The number of hydrogen-bond acceptors (Lipinski definition) is 4. The zero-order valence-electron chi connectivity index (χ0n) is 16.5. The minimum Gasteiger partial charge on any atom is -0.378 e. The summed E-state index contributed by atoms with van der Waals surface area (Å²) in [6, 6.07) is 8.32. The van der Waals surface area contributed by atoms with Gasteiger partial charge >= 0.3 is 6.18 Å². The van der Waals surface area contributed by atoms with Gasteiger partial charge in [0, 0.05) is 51.5 Å². The van der Waals surface area contributed by atoms with E-state index >= 15 is 0 Å². The van der Waals surface area contributed by atoms with Gasteiger partial charge in [-0.05, 0) is 24.1 Å². The van der Waals surface area contributed by atoms with Crippen LogP contribution in [0.25, 0.3) is 0 Å². The molecule has 1 aromatic rings. The van der Waals surface area contributed by atoms with Gasteiger partial charge in [0.15, 0.2) is 5.96 Å². The maximum absolute atomic E-state index is 12.5. The van der Waals surface area contributed by atoms with E-state index in [1.165, 1.54) is 10.6 Å². The summed E-state index contributed by atoms with van der Waals surface area (Å²) in [6.07, 6.45) is -3.48. The summed E-state index contributed by atoms with van der Waals surface area (Å²) >= 11 is 0. The van der Waals surface area contributed by atoms with Crippen molar-refractivity contribution in [2.24, 2.45) is 4.99 Å². The Morgan fingerprint density at radius 3 is 2.48 bits per heavy atom. The Morgan fingerprint density at radius 2 is 1.86 bits per heavy atom. The van der Waals surface area contributed by atoms with Gasteiger partial charge in [0.2, 0.25) is 0 Å². The van der Waals surface area contributed by atoms with Gasteiger partial charge < -0.3 is 20.3 Å². The summed E-state index contributed by atoms with van der Waals surface area (Å²) < 4.78 is 42.9. The number of rotatable bonds is 5. The van der Waals surface area contributed by atoms with Crippen LogP contribution >= 0.6 is 24.0 Å². The SMILES string of the molecule is CN=C(NCc1ccc(N2CCOCC2)cc1)NC1CCN(CC(F)(F)F)C1.I. The Balaban J connectivity index is 0.00000300. The molecule has 0 spiro atoms. The van der Waals surface area contributed by atoms with Gasteiger partial charge in [-0.25, -0.2) is 0 Å². The standard InChI is InChI=1S/C19H28F3N5O.HI/c1-23-18(25-16-6-7-26(13-16)14-19(20,21)22)24-12-15-2-4-17(5-3-15)27-8-10-28-11-9-27;/h2-5,16H,6-14H2,1H3,(H2,23,24,25);1H. The van der Waals surface area contributed by atoms with Gasteiger partial charge in [-0.3, -0.25) is 9.89 Å². The van der Waals surface area contributed by atoms with Crippen LogP contribution in [0.2, 0.25) is 0 Å². The highest BCUT2D eigenvalue weighted by Crippen LogP contribution is 2.20. The van der Waals surface area contributed by atoms with E-state index in [1.54, 1.807) is 7.05 Å². The molecule has 164 valence electrons. The molecule has 1 unspecified atom stereocenters. The van der Waals surface area contributed by atoms with Crippen LogP contribution in [-0.2, 0) is 11.3 Å². The summed E-state index contributed by atoms with van der Waals surface area (Å²) in [5.41, 5.74) is 2.30. The molecule has 0 aliphatic carbocycles. The lowest BCUT2D eigenvalue weighted by atomic mass is 10.2. The minimum atomic E-state index is -4.15.